The number of nitrogens with zero attached hydrogens (tertiary/aromatic N) is 1. The summed E-state index contributed by atoms with van der Waals surface area (Å²) in [4.78, 5) is 14.3. The highest BCUT2D eigenvalue weighted by Gasteiger charge is 2.19. The molecule has 4 nitrogen and oxygen atoms in total. The van der Waals surface area contributed by atoms with Crippen molar-refractivity contribution in [2.45, 2.75) is 19.4 Å². The van der Waals surface area contributed by atoms with Gasteiger partial charge >= 0.3 is 5.97 Å². The SMILES string of the molecule is COC(=O)Cc1nc(F)c(C(F)F)cc1CN. The fourth-order valence-electron chi connectivity index (χ4n) is 1.28. The van der Waals surface area contributed by atoms with E-state index >= 15 is 0 Å². The molecule has 0 bridgehead atoms. The molecule has 0 aliphatic rings. The number of carbonyl (C=O) groups is 1. The summed E-state index contributed by atoms with van der Waals surface area (Å²) in [6.45, 7) is -0.112. The number of pyridine rings is 1. The molecular weight excluding hydrogens is 237 g/mol. The van der Waals surface area contributed by atoms with Crippen LogP contribution in [0, 0.1) is 5.95 Å². The third kappa shape index (κ3) is 3.16. The second-order valence-corrected chi connectivity index (χ2v) is 3.23. The van der Waals surface area contributed by atoms with Gasteiger partial charge in [-0.1, -0.05) is 0 Å². The Morgan fingerprint density at radius 3 is 2.71 bits per heavy atom. The molecule has 7 heteroatoms. The Bertz CT molecular complexity index is 424. The van der Waals surface area contributed by atoms with Crippen LogP contribution in [-0.2, 0) is 22.5 Å². The van der Waals surface area contributed by atoms with Gasteiger partial charge in [-0.2, -0.15) is 4.39 Å². The number of carbonyl (C=O) groups excluding carboxylic acids is 1. The number of alkyl halides is 2. The number of halogens is 3. The van der Waals surface area contributed by atoms with Gasteiger partial charge < -0.3 is 10.5 Å². The molecule has 0 amide bonds. The maximum absolute atomic E-state index is 13.2. The summed E-state index contributed by atoms with van der Waals surface area (Å²) >= 11 is 0. The summed E-state index contributed by atoms with van der Waals surface area (Å²) in [7, 11) is 1.16. The monoisotopic (exact) mass is 248 g/mol. The third-order valence-corrected chi connectivity index (χ3v) is 2.17. The lowest BCUT2D eigenvalue weighted by Crippen LogP contribution is -2.13. The Hall–Kier alpha value is -1.63. The van der Waals surface area contributed by atoms with E-state index < -0.39 is 23.9 Å². The molecule has 1 heterocycles. The summed E-state index contributed by atoms with van der Waals surface area (Å²) in [5, 5.41) is 0. The van der Waals surface area contributed by atoms with Crippen molar-refractivity contribution in [2.75, 3.05) is 7.11 Å². The number of rotatable bonds is 4. The van der Waals surface area contributed by atoms with E-state index in [1.54, 1.807) is 0 Å². The predicted molar refractivity (Wildman–Crippen MR) is 52.8 cm³/mol. The molecule has 0 radical (unpaired) electrons. The van der Waals surface area contributed by atoms with Crippen LogP contribution >= 0.6 is 0 Å². The Labute approximate surface area is 95.6 Å². The number of ether oxygens (including phenoxy) is 1. The summed E-state index contributed by atoms with van der Waals surface area (Å²) in [5.74, 6) is -1.94. The average molecular weight is 248 g/mol. The van der Waals surface area contributed by atoms with Crippen LogP contribution < -0.4 is 5.73 Å². The van der Waals surface area contributed by atoms with Crippen LogP contribution in [-0.4, -0.2) is 18.1 Å². The van der Waals surface area contributed by atoms with E-state index in [-0.39, 0.29) is 24.2 Å². The molecule has 0 saturated carbocycles. The Morgan fingerprint density at radius 1 is 1.59 bits per heavy atom. The minimum Gasteiger partial charge on any atom is -0.469 e. The summed E-state index contributed by atoms with van der Waals surface area (Å²) in [5.41, 5.74) is 4.72. The van der Waals surface area contributed by atoms with Crippen LogP contribution in [0.4, 0.5) is 13.2 Å². The summed E-state index contributed by atoms with van der Waals surface area (Å²) in [6.07, 6.45) is -3.27. The number of hydrogen-bond acceptors (Lipinski definition) is 4. The van der Waals surface area contributed by atoms with Gasteiger partial charge in [-0.15, -0.1) is 0 Å². The Balaban J connectivity index is 3.14. The molecule has 0 atom stereocenters. The number of aromatic nitrogens is 1. The van der Waals surface area contributed by atoms with Gasteiger partial charge in [0.2, 0.25) is 5.95 Å². The first-order valence-electron chi connectivity index (χ1n) is 4.72. The molecule has 1 aromatic rings. The molecule has 0 fully saturated rings. The highest BCUT2D eigenvalue weighted by Crippen LogP contribution is 2.23. The highest BCUT2D eigenvalue weighted by atomic mass is 19.3. The fourth-order valence-corrected chi connectivity index (χ4v) is 1.28. The van der Waals surface area contributed by atoms with Gasteiger partial charge in [0.1, 0.15) is 0 Å². The molecule has 0 aliphatic carbocycles. The molecule has 17 heavy (non-hydrogen) atoms. The van der Waals surface area contributed by atoms with E-state index in [9.17, 15) is 18.0 Å². The second kappa shape index (κ2) is 5.62. The molecule has 0 aromatic carbocycles. The molecule has 1 rings (SSSR count). The zero-order valence-corrected chi connectivity index (χ0v) is 9.04. The molecule has 0 spiro atoms. The van der Waals surface area contributed by atoms with Crippen molar-refractivity contribution >= 4 is 5.97 Å². The molecule has 0 saturated heterocycles. The van der Waals surface area contributed by atoms with Crippen LogP contribution in [0.25, 0.3) is 0 Å². The summed E-state index contributed by atoms with van der Waals surface area (Å²) in [6, 6.07) is 0.922. The third-order valence-electron chi connectivity index (χ3n) is 2.17. The van der Waals surface area contributed by atoms with Gasteiger partial charge in [0.25, 0.3) is 6.43 Å². The molecule has 0 aliphatic heterocycles. The first-order valence-corrected chi connectivity index (χ1v) is 4.72. The largest absolute Gasteiger partial charge is 0.469 e. The van der Waals surface area contributed by atoms with Gasteiger partial charge in [0.05, 0.1) is 24.8 Å². The van der Waals surface area contributed by atoms with E-state index in [0.29, 0.717) is 0 Å². The number of esters is 1. The number of nitrogens with two attached hydrogens (primary N) is 1. The normalized spacial score (nSPS) is 10.7. The van der Waals surface area contributed by atoms with Crippen molar-refractivity contribution < 1.29 is 22.7 Å². The first-order chi connectivity index (χ1) is 7.99. The van der Waals surface area contributed by atoms with Crippen molar-refractivity contribution in [3.63, 3.8) is 0 Å². The number of methoxy groups -OCH3 is 1. The van der Waals surface area contributed by atoms with Crippen molar-refractivity contribution in [3.8, 4) is 0 Å². The Kier molecular flexibility index (Phi) is 4.45. The highest BCUT2D eigenvalue weighted by molar-refractivity contribution is 5.72. The van der Waals surface area contributed by atoms with Crippen molar-refractivity contribution in [2.24, 2.45) is 5.73 Å². The fraction of sp³-hybridized carbons (Fsp3) is 0.400. The minimum absolute atomic E-state index is 0.0150. The van der Waals surface area contributed by atoms with Gasteiger partial charge in [0, 0.05) is 6.54 Å². The van der Waals surface area contributed by atoms with E-state index in [1.165, 1.54) is 0 Å². The lowest BCUT2D eigenvalue weighted by Gasteiger charge is -2.09. The number of hydrogen-bond donors (Lipinski definition) is 1. The molecule has 0 unspecified atom stereocenters. The lowest BCUT2D eigenvalue weighted by molar-refractivity contribution is -0.139. The van der Waals surface area contributed by atoms with Crippen molar-refractivity contribution in [1.29, 1.82) is 0 Å². The van der Waals surface area contributed by atoms with Crippen molar-refractivity contribution in [3.05, 3.63) is 28.8 Å². The first kappa shape index (κ1) is 13.4. The molecule has 2 N–H and O–H groups in total. The van der Waals surface area contributed by atoms with E-state index in [4.69, 9.17) is 5.73 Å². The maximum Gasteiger partial charge on any atom is 0.311 e. The van der Waals surface area contributed by atoms with E-state index in [1.807, 2.05) is 0 Å². The zero-order valence-electron chi connectivity index (χ0n) is 9.04. The van der Waals surface area contributed by atoms with E-state index in [2.05, 4.69) is 9.72 Å². The second-order valence-electron chi connectivity index (χ2n) is 3.23. The van der Waals surface area contributed by atoms with E-state index in [0.717, 1.165) is 13.2 Å². The standard InChI is InChI=1S/C10H11F3N2O2/c1-17-8(16)3-7-5(4-14)2-6(9(11)12)10(13)15-7/h2,9H,3-4,14H2,1H3. The lowest BCUT2D eigenvalue weighted by atomic mass is 10.1. The zero-order chi connectivity index (χ0) is 13.0. The molecule has 94 valence electrons. The van der Waals surface area contributed by atoms with Gasteiger partial charge in [0.15, 0.2) is 0 Å². The smallest absolute Gasteiger partial charge is 0.311 e. The van der Waals surface area contributed by atoms with Crippen LogP contribution in [0.3, 0.4) is 0 Å². The van der Waals surface area contributed by atoms with Crippen molar-refractivity contribution in [1.82, 2.24) is 4.98 Å². The van der Waals surface area contributed by atoms with Crippen LogP contribution in [0.1, 0.15) is 23.2 Å². The summed E-state index contributed by atoms with van der Waals surface area (Å²) < 4.78 is 42.4. The van der Waals surface area contributed by atoms with Gasteiger partial charge in [-0.3, -0.25) is 4.79 Å². The predicted octanol–water partition coefficient (Wildman–Crippen LogP) is 1.33. The Morgan fingerprint density at radius 2 is 2.24 bits per heavy atom. The molecule has 1 aromatic heterocycles. The van der Waals surface area contributed by atoms with Gasteiger partial charge in [-0.05, 0) is 11.6 Å². The van der Waals surface area contributed by atoms with Gasteiger partial charge in [-0.25, -0.2) is 13.8 Å². The quantitative estimate of drug-likeness (QED) is 0.645. The van der Waals surface area contributed by atoms with Crippen LogP contribution in [0.5, 0.6) is 0 Å². The van der Waals surface area contributed by atoms with Crippen LogP contribution in [0.2, 0.25) is 0 Å². The molecular formula is C10H11F3N2O2. The minimum atomic E-state index is -2.97. The maximum atomic E-state index is 13.2. The van der Waals surface area contributed by atoms with Crippen LogP contribution in [0.15, 0.2) is 6.07 Å². The average Bonchev–Trinajstić information content (AvgIpc) is 2.28. The topological polar surface area (TPSA) is 65.2 Å².